The Morgan fingerprint density at radius 3 is 2.67 bits per heavy atom. The number of rotatable bonds is 6. The van der Waals surface area contributed by atoms with Gasteiger partial charge in [-0.15, -0.1) is 11.3 Å². The molecule has 0 spiro atoms. The molecule has 2 aromatic rings. The molecule has 0 radical (unpaired) electrons. The molecule has 0 bridgehead atoms. The number of nitrogens with zero attached hydrogens (tertiary/aromatic N) is 1. The normalized spacial score (nSPS) is 12.0. The number of nitrogens with one attached hydrogen (secondary N) is 2. The van der Waals surface area contributed by atoms with E-state index in [-0.39, 0.29) is 4.21 Å². The van der Waals surface area contributed by atoms with Crippen LogP contribution < -0.4 is 10.0 Å². The van der Waals surface area contributed by atoms with Gasteiger partial charge >= 0.3 is 12.2 Å². The highest BCUT2D eigenvalue weighted by Gasteiger charge is 2.31. The van der Waals surface area contributed by atoms with Crippen LogP contribution in [-0.4, -0.2) is 33.1 Å². The van der Waals surface area contributed by atoms with Crippen molar-refractivity contribution in [3.63, 3.8) is 0 Å². The van der Waals surface area contributed by atoms with E-state index in [2.05, 4.69) is 4.98 Å². The van der Waals surface area contributed by atoms with Gasteiger partial charge in [0.2, 0.25) is 0 Å². The molecule has 0 aliphatic rings. The molecule has 0 unspecified atom stereocenters. The minimum absolute atomic E-state index is 0.0849. The van der Waals surface area contributed by atoms with Gasteiger partial charge < -0.3 is 4.74 Å². The molecule has 2 N–H and O–H groups in total. The molecule has 0 atom stereocenters. The largest absolute Gasteiger partial charge is 0.416 e. The van der Waals surface area contributed by atoms with Crippen molar-refractivity contribution in [1.82, 2.24) is 9.71 Å². The summed E-state index contributed by atoms with van der Waals surface area (Å²) in [7, 11) is -2.66. The highest BCUT2D eigenvalue weighted by atomic mass is 32.2. The molecular formula is C15H16F3N3O4S2. The van der Waals surface area contributed by atoms with Crippen LogP contribution in [0.4, 0.5) is 23.8 Å². The van der Waals surface area contributed by atoms with Crippen LogP contribution in [0.25, 0.3) is 0 Å². The molecule has 0 saturated carbocycles. The number of pyridine rings is 1. The summed E-state index contributed by atoms with van der Waals surface area (Å²) in [5.41, 5.74) is -0.287. The number of thiophene rings is 1. The van der Waals surface area contributed by atoms with Crippen molar-refractivity contribution in [3.05, 3.63) is 40.4 Å². The average Bonchev–Trinajstić information content (AvgIpc) is 2.93. The van der Waals surface area contributed by atoms with Crippen molar-refractivity contribution < 1.29 is 31.1 Å². The summed E-state index contributed by atoms with van der Waals surface area (Å²) in [4.78, 5) is 16.2. The summed E-state index contributed by atoms with van der Waals surface area (Å²) < 4.78 is 69.2. The van der Waals surface area contributed by atoms with Crippen LogP contribution >= 0.6 is 11.3 Å². The van der Waals surface area contributed by atoms with E-state index >= 15 is 0 Å². The SMILES string of the molecule is COCCc1sc(S(=O)(=O)NC(=O)Nc2cc(C(F)(F)F)ccn2)cc1C. The molecule has 0 fully saturated rings. The number of urea groups is 1. The molecule has 0 aliphatic heterocycles. The van der Waals surface area contributed by atoms with E-state index < -0.39 is 33.6 Å². The Balaban J connectivity index is 2.11. The molecule has 7 nitrogen and oxygen atoms in total. The quantitative estimate of drug-likeness (QED) is 0.744. The van der Waals surface area contributed by atoms with Gasteiger partial charge in [0.25, 0.3) is 10.0 Å². The Hall–Kier alpha value is -2.18. The zero-order chi connectivity index (χ0) is 20.2. The summed E-state index contributed by atoms with van der Waals surface area (Å²) in [6.45, 7) is 2.14. The molecule has 2 heterocycles. The van der Waals surface area contributed by atoms with Crippen molar-refractivity contribution in [3.8, 4) is 0 Å². The third-order valence-corrected chi connectivity index (χ3v) is 6.45. The third kappa shape index (κ3) is 5.65. The zero-order valence-corrected chi connectivity index (χ0v) is 15.9. The molecule has 27 heavy (non-hydrogen) atoms. The fourth-order valence-electron chi connectivity index (χ4n) is 2.05. The van der Waals surface area contributed by atoms with Crippen LogP contribution in [-0.2, 0) is 27.4 Å². The number of anilines is 1. The van der Waals surface area contributed by atoms with E-state index in [1.165, 1.54) is 13.2 Å². The maximum atomic E-state index is 12.7. The van der Waals surface area contributed by atoms with Gasteiger partial charge in [0, 0.05) is 24.6 Å². The number of aryl methyl sites for hydroxylation is 1. The lowest BCUT2D eigenvalue weighted by molar-refractivity contribution is -0.137. The Labute approximate surface area is 157 Å². The van der Waals surface area contributed by atoms with Crippen LogP contribution in [0, 0.1) is 6.92 Å². The summed E-state index contributed by atoms with van der Waals surface area (Å²) in [5.74, 6) is -0.430. The minimum Gasteiger partial charge on any atom is -0.384 e. The van der Waals surface area contributed by atoms with Crippen LogP contribution in [0.2, 0.25) is 0 Å². The van der Waals surface area contributed by atoms with Gasteiger partial charge in [0.15, 0.2) is 0 Å². The van der Waals surface area contributed by atoms with Gasteiger partial charge in [-0.05, 0) is 30.7 Å². The van der Waals surface area contributed by atoms with Gasteiger partial charge in [-0.3, -0.25) is 5.32 Å². The van der Waals surface area contributed by atoms with E-state index in [1.807, 2.05) is 5.32 Å². The molecule has 148 valence electrons. The number of carbonyl (C=O) groups is 1. The number of ether oxygens (including phenoxy) is 1. The van der Waals surface area contributed by atoms with Gasteiger partial charge in [-0.1, -0.05) is 0 Å². The van der Waals surface area contributed by atoms with E-state index in [4.69, 9.17) is 4.74 Å². The highest BCUT2D eigenvalue weighted by molar-refractivity contribution is 7.92. The van der Waals surface area contributed by atoms with Crippen molar-refractivity contribution in [2.75, 3.05) is 19.0 Å². The number of amides is 2. The smallest absolute Gasteiger partial charge is 0.384 e. The first-order chi connectivity index (χ1) is 12.5. The Morgan fingerprint density at radius 2 is 2.04 bits per heavy atom. The monoisotopic (exact) mass is 423 g/mol. The number of halogens is 3. The molecule has 0 saturated heterocycles. The highest BCUT2D eigenvalue weighted by Crippen LogP contribution is 2.30. The summed E-state index contributed by atoms with van der Waals surface area (Å²) in [5, 5.41) is 1.98. The topological polar surface area (TPSA) is 97.4 Å². The van der Waals surface area contributed by atoms with Gasteiger partial charge in [-0.25, -0.2) is 22.9 Å². The summed E-state index contributed by atoms with van der Waals surface area (Å²) in [6, 6.07) is 1.53. The predicted molar refractivity (Wildman–Crippen MR) is 93.2 cm³/mol. The fraction of sp³-hybridized carbons (Fsp3) is 0.333. The maximum absolute atomic E-state index is 12.7. The molecular weight excluding hydrogens is 407 g/mol. The maximum Gasteiger partial charge on any atom is 0.416 e. The van der Waals surface area contributed by atoms with Gasteiger partial charge in [0.1, 0.15) is 10.0 Å². The van der Waals surface area contributed by atoms with E-state index in [0.29, 0.717) is 19.1 Å². The Kier molecular flexibility index (Phi) is 6.44. The third-order valence-electron chi connectivity index (χ3n) is 3.35. The van der Waals surface area contributed by atoms with Crippen molar-refractivity contribution in [1.29, 1.82) is 0 Å². The standard InChI is InChI=1S/C15H16F3N3O4S2/c1-9-7-13(26-11(9)4-6-25-2)27(23,24)21-14(22)20-12-8-10(3-5-19-12)15(16,17)18/h3,5,7-8H,4,6H2,1-2H3,(H2,19,20,21,22). The molecule has 0 aliphatic carbocycles. The first kappa shape index (κ1) is 21.1. The number of alkyl halides is 3. The van der Waals surface area contributed by atoms with E-state index in [9.17, 15) is 26.4 Å². The van der Waals surface area contributed by atoms with Crippen LogP contribution in [0.3, 0.4) is 0 Å². The number of hydrogen-bond donors (Lipinski definition) is 2. The lowest BCUT2D eigenvalue weighted by Gasteiger charge is -2.09. The van der Waals surface area contributed by atoms with Crippen molar-refractivity contribution in [2.45, 2.75) is 23.7 Å². The zero-order valence-electron chi connectivity index (χ0n) is 14.3. The first-order valence-electron chi connectivity index (χ1n) is 7.48. The molecule has 0 aromatic carbocycles. The van der Waals surface area contributed by atoms with Gasteiger partial charge in [-0.2, -0.15) is 13.2 Å². The number of aromatic nitrogens is 1. The summed E-state index contributed by atoms with van der Waals surface area (Å²) in [6.07, 6.45) is -3.24. The first-order valence-corrected chi connectivity index (χ1v) is 9.78. The lowest BCUT2D eigenvalue weighted by Crippen LogP contribution is -2.34. The minimum atomic E-state index is -4.62. The number of carbonyl (C=O) groups excluding carboxylic acids is 1. The average molecular weight is 423 g/mol. The number of sulfonamides is 1. The van der Waals surface area contributed by atoms with Crippen LogP contribution in [0.5, 0.6) is 0 Å². The van der Waals surface area contributed by atoms with Gasteiger partial charge in [0.05, 0.1) is 12.2 Å². The van der Waals surface area contributed by atoms with Crippen molar-refractivity contribution in [2.24, 2.45) is 0 Å². The number of hydrogen-bond acceptors (Lipinski definition) is 6. The molecule has 2 amide bonds. The second kappa shape index (κ2) is 8.23. The molecule has 2 rings (SSSR count). The fourth-order valence-corrected chi connectivity index (χ4v) is 4.53. The second-order valence-electron chi connectivity index (χ2n) is 5.40. The summed E-state index contributed by atoms with van der Waals surface area (Å²) >= 11 is 0.986. The number of methoxy groups -OCH3 is 1. The Morgan fingerprint density at radius 1 is 1.33 bits per heavy atom. The van der Waals surface area contributed by atoms with E-state index in [0.717, 1.165) is 34.0 Å². The van der Waals surface area contributed by atoms with Crippen LogP contribution in [0.15, 0.2) is 28.6 Å². The van der Waals surface area contributed by atoms with Crippen molar-refractivity contribution >= 4 is 33.2 Å². The van der Waals surface area contributed by atoms with Crippen LogP contribution in [0.1, 0.15) is 16.0 Å². The molecule has 2 aromatic heterocycles. The lowest BCUT2D eigenvalue weighted by atomic mass is 10.2. The second-order valence-corrected chi connectivity index (χ2v) is 8.45. The predicted octanol–water partition coefficient (Wildman–Crippen LogP) is 3.17. The molecule has 12 heteroatoms. The Bertz CT molecular complexity index is 927. The van der Waals surface area contributed by atoms with E-state index in [1.54, 1.807) is 11.6 Å².